The normalized spacial score (nSPS) is 10.6. The van der Waals surface area contributed by atoms with Crippen LogP contribution in [0.1, 0.15) is 0 Å². The van der Waals surface area contributed by atoms with E-state index >= 15 is 0 Å². The van der Waals surface area contributed by atoms with Gasteiger partial charge in [0.25, 0.3) is 0 Å². The number of rotatable bonds is 3. The molecule has 0 fully saturated rings. The molecule has 4 nitrogen and oxygen atoms in total. The van der Waals surface area contributed by atoms with E-state index in [-0.39, 0.29) is 0 Å². The van der Waals surface area contributed by atoms with Gasteiger partial charge < -0.3 is 0 Å². The van der Waals surface area contributed by atoms with Crippen LogP contribution in [0.25, 0.3) is 22.2 Å². The molecular formula is C16H13AsN2O2. The molecule has 3 rings (SSSR count). The molecule has 21 heavy (non-hydrogen) atoms. The monoisotopic (exact) mass is 340 g/mol. The van der Waals surface area contributed by atoms with Crippen molar-refractivity contribution in [2.75, 3.05) is 14.2 Å². The standard InChI is InChI=1S/C16H13AsN2O2/c1-20-13-8-11-12(9-14(13)21-2)18-16(17)19-15(11)10-6-4-3-5-7-10/h3-9H,1-2H3. The molecule has 104 valence electrons. The van der Waals surface area contributed by atoms with Gasteiger partial charge in [-0.1, -0.05) is 0 Å². The molecule has 0 unspecified atom stereocenters. The van der Waals surface area contributed by atoms with E-state index in [2.05, 4.69) is 26.8 Å². The van der Waals surface area contributed by atoms with Crippen molar-refractivity contribution in [2.24, 2.45) is 0 Å². The molecule has 0 N–H and O–H groups in total. The van der Waals surface area contributed by atoms with E-state index in [1.165, 1.54) is 0 Å². The third kappa shape index (κ3) is 2.59. The van der Waals surface area contributed by atoms with Crippen LogP contribution in [-0.2, 0) is 0 Å². The van der Waals surface area contributed by atoms with Gasteiger partial charge in [0.05, 0.1) is 0 Å². The first kappa shape index (κ1) is 13.9. The zero-order chi connectivity index (χ0) is 14.8. The van der Waals surface area contributed by atoms with Crippen LogP contribution in [0.5, 0.6) is 11.5 Å². The number of benzene rings is 2. The van der Waals surface area contributed by atoms with Crippen molar-refractivity contribution in [3.8, 4) is 22.8 Å². The first-order valence-corrected chi connectivity index (χ1v) is 7.35. The Bertz CT molecular complexity index is 791. The van der Waals surface area contributed by atoms with Crippen molar-refractivity contribution in [1.29, 1.82) is 0 Å². The van der Waals surface area contributed by atoms with Crippen molar-refractivity contribution in [3.05, 3.63) is 42.5 Å². The molecule has 0 amide bonds. The summed E-state index contributed by atoms with van der Waals surface area (Å²) in [5, 5.41) is 0.939. The maximum absolute atomic E-state index is 5.38. The van der Waals surface area contributed by atoms with E-state index < -0.39 is 0 Å². The third-order valence-corrected chi connectivity index (χ3v) is 3.66. The zero-order valence-corrected chi connectivity index (χ0v) is 13.6. The van der Waals surface area contributed by atoms with Crippen LogP contribution in [0, 0.1) is 0 Å². The summed E-state index contributed by atoms with van der Waals surface area (Å²) in [5.41, 5.74) is 2.76. The Balaban J connectivity index is 2.34. The number of methoxy groups -OCH3 is 2. The number of hydrogen-bond acceptors (Lipinski definition) is 4. The van der Waals surface area contributed by atoms with Gasteiger partial charge in [0, 0.05) is 0 Å². The maximum atomic E-state index is 5.38. The Morgan fingerprint density at radius 3 is 2.24 bits per heavy atom. The Morgan fingerprint density at radius 2 is 1.57 bits per heavy atom. The van der Waals surface area contributed by atoms with Gasteiger partial charge in [0.1, 0.15) is 0 Å². The molecule has 3 aromatic rings. The molecule has 5 heteroatoms. The van der Waals surface area contributed by atoms with Gasteiger partial charge in [-0.15, -0.1) is 0 Å². The summed E-state index contributed by atoms with van der Waals surface area (Å²) in [6, 6.07) is 13.8. The van der Waals surface area contributed by atoms with Crippen LogP contribution in [0.15, 0.2) is 42.5 Å². The van der Waals surface area contributed by atoms with Crippen molar-refractivity contribution in [3.63, 3.8) is 0 Å². The molecule has 0 aliphatic carbocycles. The number of hydrogen-bond donors (Lipinski definition) is 0. The molecule has 0 saturated heterocycles. The first-order valence-electron chi connectivity index (χ1n) is 6.41. The molecule has 0 atom stereocenters. The molecule has 0 saturated carbocycles. The SMILES string of the molecule is COc1cc2nc([As])nc(-c3ccccc3)c2cc1OC. The first-order chi connectivity index (χ1) is 10.2. The Morgan fingerprint density at radius 1 is 0.905 bits per heavy atom. The van der Waals surface area contributed by atoms with E-state index in [1.54, 1.807) is 14.2 Å². The van der Waals surface area contributed by atoms with E-state index in [4.69, 9.17) is 9.47 Å². The van der Waals surface area contributed by atoms with Crippen LogP contribution in [0.3, 0.4) is 0 Å². The third-order valence-electron chi connectivity index (χ3n) is 3.24. The van der Waals surface area contributed by atoms with Crippen LogP contribution < -0.4 is 14.1 Å². The van der Waals surface area contributed by atoms with E-state index in [1.807, 2.05) is 42.5 Å². The minimum absolute atomic E-state index is 0.662. The van der Waals surface area contributed by atoms with Gasteiger partial charge >= 0.3 is 131 Å². The molecule has 2 radical (unpaired) electrons. The van der Waals surface area contributed by atoms with Gasteiger partial charge in [0.15, 0.2) is 0 Å². The molecule has 2 aromatic carbocycles. The number of ether oxygens (including phenoxy) is 2. The quantitative estimate of drug-likeness (QED) is 0.685. The van der Waals surface area contributed by atoms with Gasteiger partial charge in [-0.3, -0.25) is 0 Å². The topological polar surface area (TPSA) is 44.2 Å². The molecule has 1 heterocycles. The number of nitrogens with zero attached hydrogens (tertiary/aromatic N) is 2. The summed E-state index contributed by atoms with van der Waals surface area (Å²) >= 11 is 2.38. The predicted octanol–water partition coefficient (Wildman–Crippen LogP) is 2.11. The molecule has 0 aliphatic rings. The van der Waals surface area contributed by atoms with Gasteiger partial charge in [-0.25, -0.2) is 0 Å². The fourth-order valence-electron chi connectivity index (χ4n) is 2.26. The summed E-state index contributed by atoms with van der Waals surface area (Å²) in [7, 11) is 3.24. The Hall–Kier alpha value is -2.06. The molecule has 1 aromatic heterocycles. The zero-order valence-electron chi connectivity index (χ0n) is 11.7. The van der Waals surface area contributed by atoms with Crippen molar-refractivity contribution >= 4 is 32.4 Å². The summed E-state index contributed by atoms with van der Waals surface area (Å²) in [4.78, 5) is 9.04. The second-order valence-corrected chi connectivity index (χ2v) is 5.30. The van der Waals surface area contributed by atoms with E-state index in [9.17, 15) is 0 Å². The van der Waals surface area contributed by atoms with Crippen molar-refractivity contribution in [2.45, 2.75) is 0 Å². The average Bonchev–Trinajstić information content (AvgIpc) is 2.53. The van der Waals surface area contributed by atoms with Crippen LogP contribution in [0.4, 0.5) is 0 Å². The Kier molecular flexibility index (Phi) is 3.80. The van der Waals surface area contributed by atoms with Crippen LogP contribution in [0.2, 0.25) is 0 Å². The summed E-state index contributed by atoms with van der Waals surface area (Å²) in [6.45, 7) is 0. The molecular weight excluding hydrogens is 327 g/mol. The average molecular weight is 340 g/mol. The molecule has 0 spiro atoms. The van der Waals surface area contributed by atoms with E-state index in [0.717, 1.165) is 22.2 Å². The van der Waals surface area contributed by atoms with Gasteiger partial charge in [0.2, 0.25) is 0 Å². The summed E-state index contributed by atoms with van der Waals surface area (Å²) < 4.78 is 11.4. The van der Waals surface area contributed by atoms with Crippen molar-refractivity contribution in [1.82, 2.24) is 9.97 Å². The second-order valence-electron chi connectivity index (χ2n) is 4.46. The number of fused-ring (bicyclic) bond motifs is 1. The summed E-state index contributed by atoms with van der Waals surface area (Å²) in [5.74, 6) is 1.33. The van der Waals surface area contributed by atoms with Crippen LogP contribution >= 0.6 is 0 Å². The van der Waals surface area contributed by atoms with E-state index in [0.29, 0.717) is 16.1 Å². The number of aromatic nitrogens is 2. The van der Waals surface area contributed by atoms with Gasteiger partial charge in [-0.05, 0) is 0 Å². The fraction of sp³-hybridized carbons (Fsp3) is 0.125. The van der Waals surface area contributed by atoms with Crippen LogP contribution in [-0.4, -0.2) is 41.0 Å². The minimum atomic E-state index is 0.662. The molecule has 0 bridgehead atoms. The van der Waals surface area contributed by atoms with Crippen molar-refractivity contribution < 1.29 is 9.47 Å². The van der Waals surface area contributed by atoms with Gasteiger partial charge in [-0.2, -0.15) is 0 Å². The fourth-order valence-corrected chi connectivity index (χ4v) is 2.70. The molecule has 0 aliphatic heterocycles. The Labute approximate surface area is 131 Å². The predicted molar refractivity (Wildman–Crippen MR) is 83.5 cm³/mol. The second kappa shape index (κ2) is 5.74. The summed E-state index contributed by atoms with van der Waals surface area (Å²) in [6.07, 6.45) is 0.